The molecule has 1 saturated carbocycles. The maximum atomic E-state index is 14.1. The van der Waals surface area contributed by atoms with E-state index in [1.165, 1.54) is 6.20 Å². The second-order valence-electron chi connectivity index (χ2n) is 7.35. The van der Waals surface area contributed by atoms with Gasteiger partial charge >= 0.3 is 0 Å². The molecule has 1 aliphatic carbocycles. The Balaban J connectivity index is 1.38. The van der Waals surface area contributed by atoms with Crippen LogP contribution < -0.4 is 10.0 Å². The molecule has 138 valence electrons. The van der Waals surface area contributed by atoms with E-state index in [1.54, 1.807) is 22.4 Å². The van der Waals surface area contributed by atoms with Gasteiger partial charge in [0.1, 0.15) is 13.0 Å². The predicted octanol–water partition coefficient (Wildman–Crippen LogP) is 1.02. The molecular formula is C17H17FN8O. The lowest BCUT2D eigenvalue weighted by atomic mass is 10.1. The zero-order chi connectivity index (χ0) is 18.2. The summed E-state index contributed by atoms with van der Waals surface area (Å²) in [6.07, 6.45) is 6.67. The minimum absolute atomic E-state index is 0.124. The molecular weight excluding hydrogens is 351 g/mol. The van der Waals surface area contributed by atoms with Crippen molar-refractivity contribution in [1.82, 2.24) is 25.2 Å². The van der Waals surface area contributed by atoms with Crippen LogP contribution in [0.5, 0.6) is 0 Å². The molecule has 1 N–H and O–H groups in total. The Morgan fingerprint density at radius 1 is 1.26 bits per heavy atom. The molecule has 1 aromatic heterocycles. The molecule has 9 nitrogen and oxygen atoms in total. The first-order chi connectivity index (χ1) is 13.1. The zero-order valence-corrected chi connectivity index (χ0v) is 14.4. The first-order valence-corrected chi connectivity index (χ1v) is 8.88. The fraction of sp³-hybridized carbons (Fsp3) is 0.353. The van der Waals surface area contributed by atoms with E-state index in [0.717, 1.165) is 24.1 Å². The first-order valence-electron chi connectivity index (χ1n) is 8.88. The third kappa shape index (κ3) is 2.16. The molecule has 0 radical (unpaired) electrons. The molecule has 1 fully saturated rings. The molecule has 10 heteroatoms. The number of aliphatic imine (C=N–C) groups is 1. The number of nitrogens with zero attached hydrogens (tertiary/aromatic N) is 8. The number of hydrazine groups is 1. The van der Waals surface area contributed by atoms with Crippen molar-refractivity contribution in [3.63, 3.8) is 0 Å². The number of halogens is 1. The molecule has 0 bridgehead atoms. The molecule has 6 rings (SSSR count). The molecule has 0 saturated heterocycles. The number of aliphatic hydroxyl groups is 1. The quantitative estimate of drug-likeness (QED) is 0.811. The Morgan fingerprint density at radius 2 is 2.11 bits per heavy atom. The summed E-state index contributed by atoms with van der Waals surface area (Å²) in [5.41, 5.74) is 2.02. The van der Waals surface area contributed by atoms with Gasteiger partial charge in [-0.3, -0.25) is 0 Å². The Kier molecular flexibility index (Phi) is 2.76. The van der Waals surface area contributed by atoms with Crippen molar-refractivity contribution in [2.24, 2.45) is 4.99 Å². The van der Waals surface area contributed by atoms with E-state index in [2.05, 4.69) is 15.3 Å². The molecule has 4 aliphatic rings. The number of hydrogen-bond acceptors (Lipinski definition) is 8. The standard InChI is InChI=1S/C17H17FN8O/c18-22-9-15-23(11-22)14-4-2-1-3-13(14)16-19-10-25(26(15)16)24-8-12(20-21-24)7-17(27)5-6-17/h1-4,8-10,16,27H,5-7,11H2. The SMILES string of the molecule is OC1(Cc2cn(N3C=NC4c5ccccc5N5CN(F)C=C5N43)nn2)CC1. The third-order valence-electron chi connectivity index (χ3n) is 5.39. The smallest absolute Gasteiger partial charge is 0.173 e. The second-order valence-corrected chi connectivity index (χ2v) is 7.35. The van der Waals surface area contributed by atoms with Gasteiger partial charge in [-0.1, -0.05) is 22.7 Å². The molecule has 0 spiro atoms. The highest BCUT2D eigenvalue weighted by Gasteiger charge is 2.45. The minimum Gasteiger partial charge on any atom is -0.389 e. The van der Waals surface area contributed by atoms with Crippen molar-refractivity contribution in [2.45, 2.75) is 31.0 Å². The van der Waals surface area contributed by atoms with Crippen LogP contribution in [0.2, 0.25) is 0 Å². The molecule has 1 aromatic carbocycles. The highest BCUT2D eigenvalue weighted by Crippen LogP contribution is 2.45. The van der Waals surface area contributed by atoms with E-state index < -0.39 is 5.60 Å². The average Bonchev–Trinajstić information content (AvgIpc) is 3.06. The maximum absolute atomic E-state index is 14.1. The van der Waals surface area contributed by atoms with Gasteiger partial charge in [-0.25, -0.2) is 10.0 Å². The summed E-state index contributed by atoms with van der Waals surface area (Å²) in [6, 6.07) is 7.87. The van der Waals surface area contributed by atoms with Gasteiger partial charge in [-0.15, -0.1) is 9.89 Å². The van der Waals surface area contributed by atoms with Crippen LogP contribution in [-0.4, -0.2) is 48.9 Å². The summed E-state index contributed by atoms with van der Waals surface area (Å²) in [6.45, 7) is 0.124. The van der Waals surface area contributed by atoms with E-state index in [0.29, 0.717) is 23.1 Å². The summed E-state index contributed by atoms with van der Waals surface area (Å²) in [5.74, 6) is 0.677. The summed E-state index contributed by atoms with van der Waals surface area (Å²) >= 11 is 0. The molecule has 0 amide bonds. The number of benzene rings is 1. The van der Waals surface area contributed by atoms with Gasteiger partial charge in [0, 0.05) is 12.0 Å². The number of hydrogen-bond donors (Lipinski definition) is 1. The van der Waals surface area contributed by atoms with E-state index in [4.69, 9.17) is 0 Å². The number of aromatic nitrogens is 3. The van der Waals surface area contributed by atoms with Gasteiger partial charge in [-0.2, -0.15) is 10.2 Å². The zero-order valence-electron chi connectivity index (χ0n) is 14.4. The number of para-hydroxylation sites is 1. The lowest BCUT2D eigenvalue weighted by molar-refractivity contribution is 0.104. The highest BCUT2D eigenvalue weighted by molar-refractivity contribution is 5.73. The summed E-state index contributed by atoms with van der Waals surface area (Å²) in [5, 5.41) is 22.7. The van der Waals surface area contributed by atoms with Crippen molar-refractivity contribution >= 4 is 12.0 Å². The average molecular weight is 368 g/mol. The maximum Gasteiger partial charge on any atom is 0.173 e. The minimum atomic E-state index is -0.633. The number of rotatable bonds is 3. The van der Waals surface area contributed by atoms with Gasteiger partial charge in [0.2, 0.25) is 0 Å². The van der Waals surface area contributed by atoms with Crippen LogP contribution in [-0.2, 0) is 6.42 Å². The van der Waals surface area contributed by atoms with Gasteiger partial charge in [0.05, 0.1) is 29.4 Å². The molecule has 2 aromatic rings. The molecule has 27 heavy (non-hydrogen) atoms. The Bertz CT molecular complexity index is 983. The fourth-order valence-corrected chi connectivity index (χ4v) is 3.85. The van der Waals surface area contributed by atoms with E-state index in [9.17, 15) is 9.59 Å². The largest absolute Gasteiger partial charge is 0.389 e. The van der Waals surface area contributed by atoms with Crippen LogP contribution in [0.3, 0.4) is 0 Å². The summed E-state index contributed by atoms with van der Waals surface area (Å²) < 4.78 is 14.1. The van der Waals surface area contributed by atoms with Gasteiger partial charge in [-0.05, 0) is 24.1 Å². The Hall–Kier alpha value is -3.14. The lowest BCUT2D eigenvalue weighted by Crippen LogP contribution is -2.51. The van der Waals surface area contributed by atoms with E-state index >= 15 is 0 Å². The van der Waals surface area contributed by atoms with Gasteiger partial charge in [0.15, 0.2) is 12.0 Å². The van der Waals surface area contributed by atoms with Gasteiger partial charge in [0.25, 0.3) is 0 Å². The predicted molar refractivity (Wildman–Crippen MR) is 94.0 cm³/mol. The third-order valence-corrected chi connectivity index (χ3v) is 5.39. The second kappa shape index (κ2) is 4.97. The number of anilines is 1. The monoisotopic (exact) mass is 368 g/mol. The number of fused-ring (bicyclic) bond motifs is 6. The molecule has 1 atom stereocenters. The van der Waals surface area contributed by atoms with E-state index in [1.807, 2.05) is 34.2 Å². The van der Waals surface area contributed by atoms with Gasteiger partial charge < -0.3 is 10.0 Å². The summed E-state index contributed by atoms with van der Waals surface area (Å²) in [4.78, 5) is 8.09. The van der Waals surface area contributed by atoms with Crippen LogP contribution in [0.4, 0.5) is 10.2 Å². The Labute approximate surface area is 154 Å². The summed E-state index contributed by atoms with van der Waals surface area (Å²) in [7, 11) is 0. The van der Waals surface area contributed by atoms with Crippen molar-refractivity contribution in [3.8, 4) is 0 Å². The highest BCUT2D eigenvalue weighted by atomic mass is 19.2. The van der Waals surface area contributed by atoms with Crippen molar-refractivity contribution in [2.75, 3.05) is 16.7 Å². The van der Waals surface area contributed by atoms with Crippen LogP contribution >= 0.6 is 0 Å². The fourth-order valence-electron chi connectivity index (χ4n) is 3.85. The molecule has 4 heterocycles. The van der Waals surface area contributed by atoms with E-state index in [-0.39, 0.29) is 12.8 Å². The normalized spacial score (nSPS) is 24.1. The Morgan fingerprint density at radius 3 is 2.96 bits per heavy atom. The molecule has 1 unspecified atom stereocenters. The molecule has 3 aliphatic heterocycles. The lowest BCUT2D eigenvalue weighted by Gasteiger charge is -2.41. The van der Waals surface area contributed by atoms with Crippen molar-refractivity contribution in [1.29, 1.82) is 0 Å². The van der Waals surface area contributed by atoms with Crippen LogP contribution in [0.15, 0.2) is 47.5 Å². The van der Waals surface area contributed by atoms with Crippen molar-refractivity contribution < 1.29 is 9.59 Å². The van der Waals surface area contributed by atoms with Crippen LogP contribution in [0.25, 0.3) is 0 Å². The van der Waals surface area contributed by atoms with Crippen LogP contribution in [0.1, 0.15) is 30.3 Å². The topological polar surface area (TPSA) is 76.3 Å². The van der Waals surface area contributed by atoms with Crippen LogP contribution in [0, 0.1) is 0 Å². The van der Waals surface area contributed by atoms with Crippen molar-refractivity contribution in [3.05, 3.63) is 53.7 Å². The first kappa shape index (κ1) is 15.0.